The topological polar surface area (TPSA) is 70.3 Å². The number of carbonyl (C=O) groups excluding carboxylic acids is 1. The number of hydrogen-bond acceptors (Lipinski definition) is 6. The second-order valence-corrected chi connectivity index (χ2v) is 8.89. The summed E-state index contributed by atoms with van der Waals surface area (Å²) in [6, 6.07) is 18.5. The number of amides is 1. The van der Waals surface area contributed by atoms with E-state index in [1.807, 2.05) is 61.5 Å². The maximum atomic E-state index is 13.6. The number of halogens is 1. The number of rotatable bonds is 6. The molecule has 2 aliphatic heterocycles. The van der Waals surface area contributed by atoms with Crippen LogP contribution in [-0.4, -0.2) is 49.0 Å². The molecule has 1 aromatic heterocycles. The predicted octanol–water partition coefficient (Wildman–Crippen LogP) is 4.95. The number of furan rings is 1. The first-order valence-corrected chi connectivity index (χ1v) is 11.9. The molecule has 0 radical (unpaired) electrons. The van der Waals surface area contributed by atoms with E-state index in [4.69, 9.17) is 25.9 Å². The number of para-hydroxylation sites is 2. The fourth-order valence-corrected chi connectivity index (χ4v) is 4.53. The highest BCUT2D eigenvalue weighted by Crippen LogP contribution is 2.34. The Labute approximate surface area is 203 Å². The summed E-state index contributed by atoms with van der Waals surface area (Å²) < 4.78 is 11.2. The predicted molar refractivity (Wildman–Crippen MR) is 133 cm³/mol. The monoisotopic (exact) mass is 478 g/mol. The van der Waals surface area contributed by atoms with E-state index in [2.05, 4.69) is 16.3 Å². The van der Waals surface area contributed by atoms with Crippen molar-refractivity contribution in [2.75, 3.05) is 36.5 Å². The van der Waals surface area contributed by atoms with Crippen molar-refractivity contribution >= 4 is 34.6 Å². The SMILES string of the molecule is C[C@H](Nc1ccccc1N1CCOCC1)C(=O)N1N=C(c2ccc(Cl)cc2)C[C@H]1c1ccco1. The minimum atomic E-state index is -0.493. The molecule has 0 saturated carbocycles. The van der Waals surface area contributed by atoms with Gasteiger partial charge in [-0.15, -0.1) is 0 Å². The van der Waals surface area contributed by atoms with Gasteiger partial charge in [0.25, 0.3) is 5.91 Å². The minimum absolute atomic E-state index is 0.123. The average molecular weight is 479 g/mol. The van der Waals surface area contributed by atoms with Crippen molar-refractivity contribution in [3.63, 3.8) is 0 Å². The smallest absolute Gasteiger partial charge is 0.265 e. The molecule has 2 atom stereocenters. The molecule has 2 aliphatic rings. The van der Waals surface area contributed by atoms with Crippen LogP contribution in [-0.2, 0) is 9.53 Å². The first-order valence-electron chi connectivity index (χ1n) is 11.5. The molecule has 3 aromatic rings. The van der Waals surface area contributed by atoms with E-state index < -0.39 is 6.04 Å². The van der Waals surface area contributed by atoms with Gasteiger partial charge in [-0.25, -0.2) is 5.01 Å². The van der Waals surface area contributed by atoms with E-state index in [1.54, 1.807) is 11.3 Å². The maximum Gasteiger partial charge on any atom is 0.265 e. The minimum Gasteiger partial charge on any atom is -0.467 e. The fourth-order valence-electron chi connectivity index (χ4n) is 4.40. The highest BCUT2D eigenvalue weighted by molar-refractivity contribution is 6.30. The number of ether oxygens (including phenoxy) is 1. The van der Waals surface area contributed by atoms with Crippen LogP contribution in [0.3, 0.4) is 0 Å². The molecule has 7 nitrogen and oxygen atoms in total. The van der Waals surface area contributed by atoms with Gasteiger partial charge in [0.2, 0.25) is 0 Å². The van der Waals surface area contributed by atoms with E-state index >= 15 is 0 Å². The Morgan fingerprint density at radius 3 is 2.59 bits per heavy atom. The number of morpholine rings is 1. The first kappa shape index (κ1) is 22.5. The van der Waals surface area contributed by atoms with Gasteiger partial charge >= 0.3 is 0 Å². The Bertz CT molecular complexity index is 1160. The van der Waals surface area contributed by atoms with Crippen molar-refractivity contribution in [3.05, 3.63) is 83.3 Å². The number of nitrogens with one attached hydrogen (secondary N) is 1. The van der Waals surface area contributed by atoms with Crippen molar-refractivity contribution in [2.24, 2.45) is 5.10 Å². The van der Waals surface area contributed by atoms with Gasteiger partial charge < -0.3 is 19.4 Å². The van der Waals surface area contributed by atoms with Crippen LogP contribution >= 0.6 is 11.6 Å². The molecule has 176 valence electrons. The molecule has 0 unspecified atom stereocenters. The van der Waals surface area contributed by atoms with Crippen LogP contribution in [0.4, 0.5) is 11.4 Å². The molecule has 2 aromatic carbocycles. The summed E-state index contributed by atoms with van der Waals surface area (Å²) in [7, 11) is 0. The second-order valence-electron chi connectivity index (χ2n) is 8.45. The lowest BCUT2D eigenvalue weighted by Gasteiger charge is -2.31. The van der Waals surface area contributed by atoms with Gasteiger partial charge in [0.1, 0.15) is 17.8 Å². The molecule has 1 N–H and O–H groups in total. The van der Waals surface area contributed by atoms with Gasteiger partial charge in [-0.3, -0.25) is 4.79 Å². The lowest BCUT2D eigenvalue weighted by Crippen LogP contribution is -2.40. The van der Waals surface area contributed by atoms with Crippen LogP contribution in [0.5, 0.6) is 0 Å². The van der Waals surface area contributed by atoms with E-state index in [9.17, 15) is 4.79 Å². The van der Waals surface area contributed by atoms with Gasteiger partial charge in [-0.1, -0.05) is 35.9 Å². The largest absolute Gasteiger partial charge is 0.467 e. The Kier molecular flexibility index (Phi) is 6.56. The molecule has 1 fully saturated rings. The third-order valence-corrected chi connectivity index (χ3v) is 6.44. The van der Waals surface area contributed by atoms with Crippen LogP contribution in [0.1, 0.15) is 30.7 Å². The number of nitrogens with zero attached hydrogens (tertiary/aromatic N) is 3. The molecule has 1 amide bonds. The molecule has 5 rings (SSSR count). The normalized spacial score (nSPS) is 19.1. The lowest BCUT2D eigenvalue weighted by molar-refractivity contribution is -0.133. The lowest BCUT2D eigenvalue weighted by atomic mass is 10.0. The van der Waals surface area contributed by atoms with E-state index in [0.717, 1.165) is 35.7 Å². The number of benzene rings is 2. The highest BCUT2D eigenvalue weighted by Gasteiger charge is 2.37. The molecule has 8 heteroatoms. The number of hydrogen-bond donors (Lipinski definition) is 1. The standard InChI is InChI=1S/C26H27ClN4O3/c1-18(28-21-5-2-3-6-23(21)30-12-15-33-16-13-30)26(32)31-24(25-7-4-14-34-25)17-22(29-31)19-8-10-20(27)11-9-19/h2-11,14,18,24,28H,12-13,15-17H2,1H3/t18-,24-/m0/s1. The molecule has 0 spiro atoms. The average Bonchev–Trinajstić information content (AvgIpc) is 3.55. The summed E-state index contributed by atoms with van der Waals surface area (Å²) in [5.41, 5.74) is 3.75. The molecular weight excluding hydrogens is 452 g/mol. The second kappa shape index (κ2) is 9.91. The molecule has 0 aliphatic carbocycles. The van der Waals surface area contributed by atoms with E-state index in [-0.39, 0.29) is 11.9 Å². The Morgan fingerprint density at radius 2 is 1.85 bits per heavy atom. The summed E-state index contributed by atoms with van der Waals surface area (Å²) in [4.78, 5) is 15.9. The van der Waals surface area contributed by atoms with Crippen LogP contribution in [0.15, 0.2) is 76.4 Å². The van der Waals surface area contributed by atoms with Crippen molar-refractivity contribution < 1.29 is 13.9 Å². The zero-order chi connectivity index (χ0) is 23.5. The van der Waals surface area contributed by atoms with Gasteiger partial charge in [0, 0.05) is 24.5 Å². The van der Waals surface area contributed by atoms with Crippen molar-refractivity contribution in [1.29, 1.82) is 0 Å². The third kappa shape index (κ3) is 4.67. The quantitative estimate of drug-likeness (QED) is 0.543. The van der Waals surface area contributed by atoms with Crippen LogP contribution in [0.25, 0.3) is 0 Å². The molecular formula is C26H27ClN4O3. The van der Waals surface area contributed by atoms with E-state index in [0.29, 0.717) is 30.4 Å². The fraction of sp³-hybridized carbons (Fsp3) is 0.308. The zero-order valence-electron chi connectivity index (χ0n) is 19.0. The van der Waals surface area contributed by atoms with Crippen LogP contribution < -0.4 is 10.2 Å². The number of carbonyl (C=O) groups is 1. The maximum absolute atomic E-state index is 13.6. The molecule has 1 saturated heterocycles. The number of anilines is 2. The summed E-state index contributed by atoms with van der Waals surface area (Å²) in [5, 5.41) is 10.4. The Morgan fingerprint density at radius 1 is 1.09 bits per heavy atom. The zero-order valence-corrected chi connectivity index (χ0v) is 19.7. The summed E-state index contributed by atoms with van der Waals surface area (Å²) in [6.45, 7) is 4.91. The highest BCUT2D eigenvalue weighted by atomic mass is 35.5. The van der Waals surface area contributed by atoms with Gasteiger partial charge in [-0.2, -0.15) is 5.10 Å². The van der Waals surface area contributed by atoms with Crippen molar-refractivity contribution in [1.82, 2.24) is 5.01 Å². The van der Waals surface area contributed by atoms with Gasteiger partial charge in [0.15, 0.2) is 0 Å². The van der Waals surface area contributed by atoms with E-state index in [1.165, 1.54) is 0 Å². The summed E-state index contributed by atoms with van der Waals surface area (Å²) in [5.74, 6) is 0.587. The first-order chi connectivity index (χ1) is 16.6. The van der Waals surface area contributed by atoms with Crippen LogP contribution in [0, 0.1) is 0 Å². The molecule has 34 heavy (non-hydrogen) atoms. The van der Waals surface area contributed by atoms with Crippen molar-refractivity contribution in [3.8, 4) is 0 Å². The number of hydrazone groups is 1. The molecule has 0 bridgehead atoms. The summed E-state index contributed by atoms with van der Waals surface area (Å²) >= 11 is 6.06. The molecule has 3 heterocycles. The Balaban J connectivity index is 1.39. The van der Waals surface area contributed by atoms with Gasteiger partial charge in [-0.05, 0) is 48.9 Å². The summed E-state index contributed by atoms with van der Waals surface area (Å²) in [6.07, 6.45) is 2.19. The Hall–Kier alpha value is -3.29. The third-order valence-electron chi connectivity index (χ3n) is 6.18. The van der Waals surface area contributed by atoms with Crippen LogP contribution in [0.2, 0.25) is 5.02 Å². The van der Waals surface area contributed by atoms with Crippen molar-refractivity contribution in [2.45, 2.75) is 25.4 Å². The van der Waals surface area contributed by atoms with Gasteiger partial charge in [0.05, 0.1) is 36.6 Å².